The van der Waals surface area contributed by atoms with Crippen LogP contribution >= 0.6 is 0 Å². The normalized spacial score (nSPS) is 18.3. The molecule has 1 aromatic carbocycles. The van der Waals surface area contributed by atoms with Crippen molar-refractivity contribution in [3.05, 3.63) is 29.6 Å². The molecule has 1 aromatic rings. The summed E-state index contributed by atoms with van der Waals surface area (Å²) in [5.41, 5.74) is 1.86. The molecule has 1 fully saturated rings. The fraction of sp³-hybridized carbons (Fsp3) is 0.647. The SMILES string of the molecule is CCNC(C)c1cccc(F)c1N1CCC(N(C)C)CC1. The van der Waals surface area contributed by atoms with E-state index in [1.54, 1.807) is 6.07 Å². The lowest BCUT2D eigenvalue weighted by atomic mass is 9.99. The number of piperidine rings is 1. The smallest absolute Gasteiger partial charge is 0.146 e. The third kappa shape index (κ3) is 3.74. The van der Waals surface area contributed by atoms with Crippen molar-refractivity contribution < 1.29 is 4.39 Å². The Morgan fingerprint density at radius 1 is 1.33 bits per heavy atom. The molecule has 1 N–H and O–H groups in total. The van der Waals surface area contributed by atoms with Gasteiger partial charge in [0, 0.05) is 25.2 Å². The van der Waals surface area contributed by atoms with Gasteiger partial charge in [-0.05, 0) is 52.0 Å². The maximum absolute atomic E-state index is 14.4. The van der Waals surface area contributed by atoms with Gasteiger partial charge in [-0.15, -0.1) is 0 Å². The molecule has 0 aliphatic carbocycles. The number of nitrogens with one attached hydrogen (secondary N) is 1. The van der Waals surface area contributed by atoms with E-state index in [0.29, 0.717) is 6.04 Å². The zero-order valence-corrected chi connectivity index (χ0v) is 13.7. The first-order valence-corrected chi connectivity index (χ1v) is 7.97. The van der Waals surface area contributed by atoms with Gasteiger partial charge in [-0.3, -0.25) is 0 Å². The van der Waals surface area contributed by atoms with E-state index < -0.39 is 0 Å². The maximum Gasteiger partial charge on any atom is 0.146 e. The number of nitrogens with zero attached hydrogens (tertiary/aromatic N) is 2. The molecule has 0 aromatic heterocycles. The fourth-order valence-electron chi connectivity index (χ4n) is 3.24. The number of benzene rings is 1. The predicted octanol–water partition coefficient (Wildman–Crippen LogP) is 3.03. The van der Waals surface area contributed by atoms with Gasteiger partial charge in [0.15, 0.2) is 0 Å². The van der Waals surface area contributed by atoms with Gasteiger partial charge in [-0.1, -0.05) is 19.1 Å². The summed E-state index contributed by atoms with van der Waals surface area (Å²) in [6.45, 7) is 6.93. The third-order valence-corrected chi connectivity index (χ3v) is 4.51. The minimum Gasteiger partial charge on any atom is -0.369 e. The molecule has 2 rings (SSSR count). The molecule has 0 amide bonds. The van der Waals surface area contributed by atoms with E-state index >= 15 is 0 Å². The van der Waals surface area contributed by atoms with Crippen molar-refractivity contribution >= 4 is 5.69 Å². The van der Waals surface area contributed by atoms with Crippen LogP contribution in [0.25, 0.3) is 0 Å². The van der Waals surface area contributed by atoms with Crippen LogP contribution in [0, 0.1) is 5.82 Å². The molecule has 0 bridgehead atoms. The van der Waals surface area contributed by atoms with Gasteiger partial charge < -0.3 is 15.1 Å². The van der Waals surface area contributed by atoms with Gasteiger partial charge in [0.05, 0.1) is 5.69 Å². The molecule has 1 saturated heterocycles. The molecule has 4 heteroatoms. The van der Waals surface area contributed by atoms with Crippen LogP contribution in [-0.4, -0.2) is 44.7 Å². The molecule has 1 heterocycles. The molecule has 0 saturated carbocycles. The molecule has 1 aliphatic heterocycles. The molecular formula is C17H28FN3. The van der Waals surface area contributed by atoms with E-state index in [2.05, 4.69) is 43.1 Å². The van der Waals surface area contributed by atoms with Crippen LogP contribution < -0.4 is 10.2 Å². The summed E-state index contributed by atoms with van der Waals surface area (Å²) >= 11 is 0. The summed E-state index contributed by atoms with van der Waals surface area (Å²) in [5, 5.41) is 3.39. The second kappa shape index (κ2) is 7.23. The van der Waals surface area contributed by atoms with Crippen LogP contribution in [0.1, 0.15) is 38.3 Å². The monoisotopic (exact) mass is 293 g/mol. The van der Waals surface area contributed by atoms with Crippen molar-refractivity contribution in [3.8, 4) is 0 Å². The van der Waals surface area contributed by atoms with Crippen molar-refractivity contribution in [3.63, 3.8) is 0 Å². The van der Waals surface area contributed by atoms with E-state index in [-0.39, 0.29) is 11.9 Å². The average Bonchev–Trinajstić information content (AvgIpc) is 2.47. The maximum atomic E-state index is 14.4. The Morgan fingerprint density at radius 2 is 2.00 bits per heavy atom. The van der Waals surface area contributed by atoms with Crippen molar-refractivity contribution in [2.45, 2.75) is 38.8 Å². The number of anilines is 1. The number of halogens is 1. The Hall–Kier alpha value is -1.13. The van der Waals surface area contributed by atoms with Crippen LogP contribution in [0.2, 0.25) is 0 Å². The van der Waals surface area contributed by atoms with Crippen LogP contribution in [0.15, 0.2) is 18.2 Å². The molecule has 1 aliphatic rings. The van der Waals surface area contributed by atoms with E-state index in [1.165, 1.54) is 0 Å². The molecular weight excluding hydrogens is 265 g/mol. The van der Waals surface area contributed by atoms with Crippen LogP contribution in [0.5, 0.6) is 0 Å². The van der Waals surface area contributed by atoms with Gasteiger partial charge in [0.1, 0.15) is 5.82 Å². The number of hydrogen-bond acceptors (Lipinski definition) is 3. The fourth-order valence-corrected chi connectivity index (χ4v) is 3.24. The number of rotatable bonds is 5. The van der Waals surface area contributed by atoms with Crippen molar-refractivity contribution in [1.29, 1.82) is 0 Å². The van der Waals surface area contributed by atoms with E-state index in [9.17, 15) is 4.39 Å². The second-order valence-corrected chi connectivity index (χ2v) is 6.14. The standard InChI is InChI=1S/C17H28FN3/c1-5-19-13(2)15-7-6-8-16(18)17(15)21-11-9-14(10-12-21)20(3)4/h6-8,13-14,19H,5,9-12H2,1-4H3. The Labute approximate surface area is 128 Å². The van der Waals surface area contributed by atoms with Crippen molar-refractivity contribution in [2.24, 2.45) is 0 Å². The van der Waals surface area contributed by atoms with Gasteiger partial charge in [-0.25, -0.2) is 4.39 Å². The Balaban J connectivity index is 2.19. The third-order valence-electron chi connectivity index (χ3n) is 4.51. The molecule has 0 spiro atoms. The molecule has 1 unspecified atom stereocenters. The number of para-hydroxylation sites is 1. The van der Waals surface area contributed by atoms with Crippen molar-refractivity contribution in [2.75, 3.05) is 38.6 Å². The largest absolute Gasteiger partial charge is 0.369 e. The second-order valence-electron chi connectivity index (χ2n) is 6.14. The summed E-state index contributed by atoms with van der Waals surface area (Å²) in [6, 6.07) is 6.23. The lowest BCUT2D eigenvalue weighted by molar-refractivity contribution is 0.249. The van der Waals surface area contributed by atoms with E-state index in [1.807, 2.05) is 12.1 Å². The summed E-state index contributed by atoms with van der Waals surface area (Å²) in [7, 11) is 4.25. The Morgan fingerprint density at radius 3 is 2.57 bits per heavy atom. The van der Waals surface area contributed by atoms with Gasteiger partial charge in [0.2, 0.25) is 0 Å². The predicted molar refractivity (Wildman–Crippen MR) is 87.4 cm³/mol. The highest BCUT2D eigenvalue weighted by Gasteiger charge is 2.25. The van der Waals surface area contributed by atoms with Crippen molar-refractivity contribution in [1.82, 2.24) is 10.2 Å². The molecule has 3 nitrogen and oxygen atoms in total. The minimum atomic E-state index is -0.0967. The van der Waals surface area contributed by atoms with Gasteiger partial charge >= 0.3 is 0 Å². The van der Waals surface area contributed by atoms with Crippen LogP contribution in [-0.2, 0) is 0 Å². The Bertz CT molecular complexity index is 453. The first kappa shape index (κ1) is 16.2. The molecule has 118 valence electrons. The lowest BCUT2D eigenvalue weighted by Crippen LogP contribution is -2.42. The first-order valence-electron chi connectivity index (χ1n) is 7.97. The average molecular weight is 293 g/mol. The quantitative estimate of drug-likeness (QED) is 0.900. The summed E-state index contributed by atoms with van der Waals surface area (Å²) in [5.74, 6) is -0.0967. The zero-order chi connectivity index (χ0) is 15.4. The highest BCUT2D eigenvalue weighted by atomic mass is 19.1. The minimum absolute atomic E-state index is 0.0967. The molecule has 1 atom stereocenters. The summed E-state index contributed by atoms with van der Waals surface area (Å²) < 4.78 is 14.4. The van der Waals surface area contributed by atoms with Crippen LogP contribution in [0.4, 0.5) is 10.1 Å². The Kier molecular flexibility index (Phi) is 5.59. The highest BCUT2D eigenvalue weighted by Crippen LogP contribution is 2.31. The zero-order valence-electron chi connectivity index (χ0n) is 13.7. The van der Waals surface area contributed by atoms with E-state index in [4.69, 9.17) is 0 Å². The van der Waals surface area contributed by atoms with E-state index in [0.717, 1.165) is 43.7 Å². The molecule has 0 radical (unpaired) electrons. The van der Waals surface area contributed by atoms with Crippen LogP contribution in [0.3, 0.4) is 0 Å². The number of hydrogen-bond donors (Lipinski definition) is 1. The summed E-state index contributed by atoms with van der Waals surface area (Å²) in [6.07, 6.45) is 2.19. The van der Waals surface area contributed by atoms with Gasteiger partial charge in [-0.2, -0.15) is 0 Å². The lowest BCUT2D eigenvalue weighted by Gasteiger charge is -2.38. The highest BCUT2D eigenvalue weighted by molar-refractivity contribution is 5.56. The summed E-state index contributed by atoms with van der Waals surface area (Å²) in [4.78, 5) is 4.50. The molecule has 21 heavy (non-hydrogen) atoms. The topological polar surface area (TPSA) is 18.5 Å². The van der Waals surface area contributed by atoms with Gasteiger partial charge in [0.25, 0.3) is 0 Å². The first-order chi connectivity index (χ1) is 10.0.